The van der Waals surface area contributed by atoms with Crippen LogP contribution in [0.25, 0.3) is 0 Å². The lowest BCUT2D eigenvalue weighted by molar-refractivity contribution is 0.0315. The number of halogens is 1. The van der Waals surface area contributed by atoms with Gasteiger partial charge in [-0.3, -0.25) is 0 Å². The van der Waals surface area contributed by atoms with E-state index in [9.17, 15) is 4.39 Å². The van der Waals surface area contributed by atoms with Crippen LogP contribution in [0.3, 0.4) is 0 Å². The number of rotatable bonds is 3. The molecule has 17 heavy (non-hydrogen) atoms. The number of nitrogens with zero attached hydrogens (tertiary/aromatic N) is 1. The van der Waals surface area contributed by atoms with E-state index in [1.807, 2.05) is 13.0 Å². The van der Waals surface area contributed by atoms with Crippen LogP contribution in [0.5, 0.6) is 0 Å². The van der Waals surface area contributed by atoms with Crippen molar-refractivity contribution in [3.05, 3.63) is 29.6 Å². The molecule has 1 N–H and O–H groups in total. The quantitative estimate of drug-likeness (QED) is 0.874. The molecule has 1 heterocycles. The van der Waals surface area contributed by atoms with Crippen LogP contribution >= 0.6 is 0 Å². The zero-order valence-electron chi connectivity index (χ0n) is 9.79. The van der Waals surface area contributed by atoms with Gasteiger partial charge in [-0.25, -0.2) is 4.39 Å². The molecular formula is C13H15FN2O. The first kappa shape index (κ1) is 11.9. The third-order valence-corrected chi connectivity index (χ3v) is 3.06. The smallest absolute Gasteiger partial charge is 0.124 e. The van der Waals surface area contributed by atoms with E-state index in [2.05, 4.69) is 5.32 Å². The average molecular weight is 234 g/mol. The Morgan fingerprint density at radius 2 is 2.41 bits per heavy atom. The molecule has 2 rings (SSSR count). The summed E-state index contributed by atoms with van der Waals surface area (Å²) in [6.07, 6.45) is 2.07. The van der Waals surface area contributed by atoms with Crippen LogP contribution < -0.4 is 5.32 Å². The molecule has 1 fully saturated rings. The van der Waals surface area contributed by atoms with Gasteiger partial charge in [-0.05, 0) is 38.0 Å². The molecule has 0 aromatic heterocycles. The second-order valence-electron chi connectivity index (χ2n) is 4.56. The van der Waals surface area contributed by atoms with Gasteiger partial charge >= 0.3 is 0 Å². The maximum absolute atomic E-state index is 12.9. The van der Waals surface area contributed by atoms with Gasteiger partial charge in [0.05, 0.1) is 16.9 Å². The Morgan fingerprint density at radius 3 is 3.06 bits per heavy atom. The molecule has 3 nitrogen and oxygen atoms in total. The zero-order chi connectivity index (χ0) is 12.3. The lowest BCUT2D eigenvalue weighted by Crippen LogP contribution is -2.32. The van der Waals surface area contributed by atoms with E-state index in [1.54, 1.807) is 6.07 Å². The Kier molecular flexibility index (Phi) is 3.30. The topological polar surface area (TPSA) is 45.0 Å². The Morgan fingerprint density at radius 1 is 1.59 bits per heavy atom. The molecule has 1 aliphatic heterocycles. The Balaban J connectivity index is 2.06. The minimum absolute atomic E-state index is 0.179. The molecule has 0 saturated carbocycles. The van der Waals surface area contributed by atoms with Gasteiger partial charge in [0.1, 0.15) is 11.9 Å². The number of hydrogen-bond donors (Lipinski definition) is 1. The van der Waals surface area contributed by atoms with Crippen LogP contribution in [0.2, 0.25) is 0 Å². The highest BCUT2D eigenvalue weighted by atomic mass is 19.1. The van der Waals surface area contributed by atoms with Crippen molar-refractivity contribution in [1.82, 2.24) is 0 Å². The molecule has 90 valence electrons. The summed E-state index contributed by atoms with van der Waals surface area (Å²) < 4.78 is 18.6. The molecule has 0 aliphatic carbocycles. The van der Waals surface area contributed by atoms with E-state index in [0.717, 1.165) is 19.4 Å². The number of hydrogen-bond acceptors (Lipinski definition) is 3. The highest BCUT2D eigenvalue weighted by molar-refractivity contribution is 5.57. The van der Waals surface area contributed by atoms with Gasteiger partial charge in [-0.15, -0.1) is 0 Å². The molecular weight excluding hydrogens is 219 g/mol. The van der Waals surface area contributed by atoms with Gasteiger partial charge in [-0.1, -0.05) is 0 Å². The van der Waals surface area contributed by atoms with Crippen LogP contribution in [-0.4, -0.2) is 18.8 Å². The fraction of sp³-hybridized carbons (Fsp3) is 0.462. The summed E-state index contributed by atoms with van der Waals surface area (Å²) in [5.74, 6) is -0.393. The maximum atomic E-state index is 12.9. The van der Waals surface area contributed by atoms with Gasteiger partial charge < -0.3 is 10.1 Å². The highest BCUT2D eigenvalue weighted by Crippen LogP contribution is 2.26. The molecule has 0 spiro atoms. The summed E-state index contributed by atoms with van der Waals surface area (Å²) in [5, 5.41) is 12.1. The Labute approximate surface area is 100 Å². The maximum Gasteiger partial charge on any atom is 0.124 e. The van der Waals surface area contributed by atoms with Gasteiger partial charge in [0.15, 0.2) is 0 Å². The minimum Gasteiger partial charge on any atom is -0.381 e. The predicted molar refractivity (Wildman–Crippen MR) is 63.2 cm³/mol. The molecule has 1 aromatic rings. The number of nitriles is 1. The number of nitrogens with one attached hydrogen (secondary N) is 1. The predicted octanol–water partition coefficient (Wildman–Crippen LogP) is 2.68. The highest BCUT2D eigenvalue weighted by Gasteiger charge is 2.29. The van der Waals surface area contributed by atoms with Crippen molar-refractivity contribution in [2.24, 2.45) is 0 Å². The normalized spacial score (nSPS) is 23.4. The lowest BCUT2D eigenvalue weighted by atomic mass is 10.0. The third kappa shape index (κ3) is 2.75. The summed E-state index contributed by atoms with van der Waals surface area (Å²) in [6.45, 7) is 3.46. The van der Waals surface area contributed by atoms with E-state index < -0.39 is 5.82 Å². The number of ether oxygens (including phenoxy) is 1. The van der Waals surface area contributed by atoms with Crippen LogP contribution in [0, 0.1) is 17.1 Å². The first-order valence-electron chi connectivity index (χ1n) is 5.70. The van der Waals surface area contributed by atoms with Crippen molar-refractivity contribution in [3.8, 4) is 6.07 Å². The van der Waals surface area contributed by atoms with E-state index >= 15 is 0 Å². The summed E-state index contributed by atoms with van der Waals surface area (Å²) in [4.78, 5) is 0. The first-order chi connectivity index (χ1) is 8.13. The molecule has 1 saturated heterocycles. The van der Waals surface area contributed by atoms with Gasteiger partial charge in [0.25, 0.3) is 0 Å². The fourth-order valence-electron chi connectivity index (χ4n) is 2.02. The van der Waals surface area contributed by atoms with Crippen molar-refractivity contribution in [2.45, 2.75) is 25.4 Å². The number of anilines is 1. The van der Waals surface area contributed by atoms with Crippen LogP contribution in [0.1, 0.15) is 25.3 Å². The standard InChI is InChI=1S/C13H15FN2O/c1-13(5-2-6-17-13)9-16-12-4-3-11(14)7-10(12)8-15/h3-4,7,16H,2,5-6,9H2,1H3. The first-order valence-corrected chi connectivity index (χ1v) is 5.70. The molecule has 0 amide bonds. The van der Waals surface area contributed by atoms with E-state index in [1.165, 1.54) is 12.1 Å². The summed E-state index contributed by atoms with van der Waals surface area (Å²) in [6, 6.07) is 6.15. The van der Waals surface area contributed by atoms with E-state index in [4.69, 9.17) is 10.00 Å². The van der Waals surface area contributed by atoms with Crippen LogP contribution in [0.4, 0.5) is 10.1 Å². The summed E-state index contributed by atoms with van der Waals surface area (Å²) in [5.41, 5.74) is 0.804. The third-order valence-electron chi connectivity index (χ3n) is 3.06. The van der Waals surface area contributed by atoms with Gasteiger partial charge in [0, 0.05) is 13.2 Å². The van der Waals surface area contributed by atoms with Gasteiger partial charge in [-0.2, -0.15) is 5.26 Å². The van der Waals surface area contributed by atoms with Crippen molar-refractivity contribution < 1.29 is 9.13 Å². The molecule has 1 aliphatic rings. The Bertz CT molecular complexity index is 447. The fourth-order valence-corrected chi connectivity index (χ4v) is 2.02. The molecule has 1 aromatic carbocycles. The van der Waals surface area contributed by atoms with E-state index in [-0.39, 0.29) is 5.60 Å². The second-order valence-corrected chi connectivity index (χ2v) is 4.56. The molecule has 1 atom stereocenters. The summed E-state index contributed by atoms with van der Waals surface area (Å²) in [7, 11) is 0. The largest absolute Gasteiger partial charge is 0.381 e. The van der Waals surface area contributed by atoms with Crippen molar-refractivity contribution >= 4 is 5.69 Å². The van der Waals surface area contributed by atoms with Crippen LogP contribution in [0.15, 0.2) is 18.2 Å². The van der Waals surface area contributed by atoms with Crippen molar-refractivity contribution in [2.75, 3.05) is 18.5 Å². The monoisotopic (exact) mass is 234 g/mol. The SMILES string of the molecule is CC1(CNc2ccc(F)cc2C#N)CCCO1. The zero-order valence-corrected chi connectivity index (χ0v) is 9.79. The van der Waals surface area contributed by atoms with Crippen LogP contribution in [-0.2, 0) is 4.74 Å². The lowest BCUT2D eigenvalue weighted by Gasteiger charge is -2.24. The number of benzene rings is 1. The van der Waals surface area contributed by atoms with Crippen molar-refractivity contribution in [3.63, 3.8) is 0 Å². The van der Waals surface area contributed by atoms with Crippen molar-refractivity contribution in [1.29, 1.82) is 5.26 Å². The molecule has 4 heteroatoms. The second kappa shape index (κ2) is 4.72. The Hall–Kier alpha value is -1.60. The molecule has 1 unspecified atom stereocenters. The van der Waals surface area contributed by atoms with Gasteiger partial charge in [0.2, 0.25) is 0 Å². The minimum atomic E-state index is -0.393. The van der Waals surface area contributed by atoms with E-state index in [0.29, 0.717) is 17.8 Å². The average Bonchev–Trinajstić information content (AvgIpc) is 2.75. The molecule has 0 bridgehead atoms. The summed E-state index contributed by atoms with van der Waals surface area (Å²) >= 11 is 0. The molecule has 0 radical (unpaired) electrons.